The normalized spacial score (nSPS) is 10.6. The maximum Gasteiger partial charge on any atom is 0.148 e. The van der Waals surface area contributed by atoms with Gasteiger partial charge in [-0.05, 0) is 26.0 Å². The Morgan fingerprint density at radius 2 is 2.06 bits per heavy atom. The van der Waals surface area contributed by atoms with Crippen molar-refractivity contribution in [1.82, 2.24) is 9.97 Å². The highest BCUT2D eigenvalue weighted by molar-refractivity contribution is 6.29. The van der Waals surface area contributed by atoms with E-state index in [4.69, 9.17) is 16.3 Å². The Labute approximate surface area is 105 Å². The summed E-state index contributed by atoms with van der Waals surface area (Å²) in [6, 6.07) is 7.73. The van der Waals surface area contributed by atoms with Crippen LogP contribution < -0.4 is 4.74 Å². The number of hydrogen-bond donors (Lipinski definition) is 0. The van der Waals surface area contributed by atoms with E-state index in [1.807, 2.05) is 38.1 Å². The molecule has 2 aromatic rings. The molecule has 0 atom stereocenters. The molecular formula is C13H13ClN2O. The summed E-state index contributed by atoms with van der Waals surface area (Å²) in [6.07, 6.45) is 3.34. The summed E-state index contributed by atoms with van der Waals surface area (Å²) in [5, 5.41) is 0.387. The first-order valence-electron chi connectivity index (χ1n) is 5.40. The van der Waals surface area contributed by atoms with Crippen molar-refractivity contribution in [3.8, 4) is 17.0 Å². The molecule has 0 saturated heterocycles. The van der Waals surface area contributed by atoms with Gasteiger partial charge in [-0.2, -0.15) is 0 Å². The van der Waals surface area contributed by atoms with Crippen LogP contribution in [0.15, 0.2) is 36.7 Å². The molecule has 0 aliphatic heterocycles. The lowest BCUT2D eigenvalue weighted by molar-refractivity contribution is 0.242. The standard InChI is InChI=1S/C13H13ClN2O/c1-9(2)17-11-5-3-4-10(6-11)12-7-15-8-13(14)16-12/h3-9H,1-2H3. The van der Waals surface area contributed by atoms with Crippen LogP contribution in [0.2, 0.25) is 5.15 Å². The predicted octanol–water partition coefficient (Wildman–Crippen LogP) is 3.58. The largest absolute Gasteiger partial charge is 0.491 e. The van der Waals surface area contributed by atoms with Crippen molar-refractivity contribution in [2.45, 2.75) is 20.0 Å². The quantitative estimate of drug-likeness (QED) is 0.833. The van der Waals surface area contributed by atoms with Gasteiger partial charge >= 0.3 is 0 Å². The molecule has 17 heavy (non-hydrogen) atoms. The number of hydrogen-bond acceptors (Lipinski definition) is 3. The summed E-state index contributed by atoms with van der Waals surface area (Å²) < 4.78 is 5.63. The van der Waals surface area contributed by atoms with Gasteiger partial charge in [-0.1, -0.05) is 23.7 Å². The number of nitrogens with zero attached hydrogens (tertiary/aromatic N) is 2. The van der Waals surface area contributed by atoms with Gasteiger partial charge in [0.05, 0.1) is 24.2 Å². The van der Waals surface area contributed by atoms with E-state index in [2.05, 4.69) is 9.97 Å². The molecule has 4 heteroatoms. The van der Waals surface area contributed by atoms with Crippen LogP contribution in [0.4, 0.5) is 0 Å². The molecule has 0 saturated carbocycles. The van der Waals surface area contributed by atoms with Gasteiger partial charge in [0.15, 0.2) is 0 Å². The molecule has 0 aliphatic rings. The second-order valence-corrected chi connectivity index (χ2v) is 4.31. The Bertz CT molecular complexity index is 514. The molecule has 0 aliphatic carbocycles. The third kappa shape index (κ3) is 3.17. The average molecular weight is 249 g/mol. The van der Waals surface area contributed by atoms with E-state index in [0.29, 0.717) is 5.15 Å². The first-order chi connectivity index (χ1) is 8.15. The SMILES string of the molecule is CC(C)Oc1cccc(-c2cncc(Cl)n2)c1. The number of aromatic nitrogens is 2. The fraction of sp³-hybridized carbons (Fsp3) is 0.231. The van der Waals surface area contributed by atoms with Crippen LogP contribution in [0.3, 0.4) is 0 Å². The number of benzene rings is 1. The van der Waals surface area contributed by atoms with Crippen molar-refractivity contribution in [1.29, 1.82) is 0 Å². The minimum absolute atomic E-state index is 0.149. The van der Waals surface area contributed by atoms with E-state index in [-0.39, 0.29) is 6.10 Å². The third-order valence-corrected chi connectivity index (χ3v) is 2.29. The van der Waals surface area contributed by atoms with Crippen molar-refractivity contribution >= 4 is 11.6 Å². The Morgan fingerprint density at radius 3 is 2.76 bits per heavy atom. The Balaban J connectivity index is 2.33. The fourth-order valence-corrected chi connectivity index (χ4v) is 1.63. The van der Waals surface area contributed by atoms with Crippen LogP contribution >= 0.6 is 11.6 Å². The third-order valence-electron chi connectivity index (χ3n) is 2.11. The number of ether oxygens (including phenoxy) is 1. The van der Waals surface area contributed by atoms with Gasteiger partial charge in [-0.25, -0.2) is 4.98 Å². The molecule has 0 bridgehead atoms. The van der Waals surface area contributed by atoms with Crippen molar-refractivity contribution < 1.29 is 4.74 Å². The fourth-order valence-electron chi connectivity index (χ4n) is 1.48. The first kappa shape index (κ1) is 11.9. The summed E-state index contributed by atoms with van der Waals surface area (Å²) in [5.74, 6) is 0.819. The molecule has 1 heterocycles. The van der Waals surface area contributed by atoms with E-state index in [0.717, 1.165) is 17.0 Å². The highest BCUT2D eigenvalue weighted by Crippen LogP contribution is 2.23. The topological polar surface area (TPSA) is 35.0 Å². The van der Waals surface area contributed by atoms with Gasteiger partial charge < -0.3 is 4.74 Å². The van der Waals surface area contributed by atoms with E-state index >= 15 is 0 Å². The number of halogens is 1. The summed E-state index contributed by atoms with van der Waals surface area (Å²) >= 11 is 5.81. The van der Waals surface area contributed by atoms with Crippen LogP contribution in [0.1, 0.15) is 13.8 Å². The van der Waals surface area contributed by atoms with Crippen LogP contribution in [0.5, 0.6) is 5.75 Å². The zero-order chi connectivity index (χ0) is 12.3. The molecule has 88 valence electrons. The molecule has 0 amide bonds. The molecule has 1 aromatic carbocycles. The monoisotopic (exact) mass is 248 g/mol. The lowest BCUT2D eigenvalue weighted by atomic mass is 10.1. The van der Waals surface area contributed by atoms with Crippen LogP contribution in [0, 0.1) is 0 Å². The van der Waals surface area contributed by atoms with Crippen LogP contribution in [-0.4, -0.2) is 16.1 Å². The van der Waals surface area contributed by atoms with Gasteiger partial charge in [-0.15, -0.1) is 0 Å². The maximum atomic E-state index is 5.81. The summed E-state index contributed by atoms with van der Waals surface area (Å²) in [6.45, 7) is 3.98. The summed E-state index contributed by atoms with van der Waals surface area (Å²) in [7, 11) is 0. The minimum atomic E-state index is 0.149. The van der Waals surface area contributed by atoms with Gasteiger partial charge in [0.25, 0.3) is 0 Å². The highest BCUT2D eigenvalue weighted by atomic mass is 35.5. The van der Waals surface area contributed by atoms with Gasteiger partial charge in [0.2, 0.25) is 0 Å². The molecule has 0 spiro atoms. The summed E-state index contributed by atoms with van der Waals surface area (Å²) in [4.78, 5) is 8.23. The molecule has 3 nitrogen and oxygen atoms in total. The lowest BCUT2D eigenvalue weighted by Crippen LogP contribution is -2.05. The molecule has 0 radical (unpaired) electrons. The Kier molecular flexibility index (Phi) is 3.59. The highest BCUT2D eigenvalue weighted by Gasteiger charge is 2.03. The zero-order valence-corrected chi connectivity index (χ0v) is 10.5. The van der Waals surface area contributed by atoms with Gasteiger partial charge in [-0.3, -0.25) is 4.98 Å². The van der Waals surface area contributed by atoms with Crippen molar-refractivity contribution in [3.05, 3.63) is 41.8 Å². The van der Waals surface area contributed by atoms with Gasteiger partial charge in [0.1, 0.15) is 10.9 Å². The van der Waals surface area contributed by atoms with Gasteiger partial charge in [0, 0.05) is 5.56 Å². The average Bonchev–Trinajstić information content (AvgIpc) is 2.28. The summed E-state index contributed by atoms with van der Waals surface area (Å²) in [5.41, 5.74) is 1.69. The van der Waals surface area contributed by atoms with E-state index < -0.39 is 0 Å². The zero-order valence-electron chi connectivity index (χ0n) is 9.72. The predicted molar refractivity (Wildman–Crippen MR) is 68.2 cm³/mol. The molecule has 1 aromatic heterocycles. The van der Waals surface area contributed by atoms with Crippen molar-refractivity contribution in [2.24, 2.45) is 0 Å². The lowest BCUT2D eigenvalue weighted by Gasteiger charge is -2.10. The molecule has 0 fully saturated rings. The van der Waals surface area contributed by atoms with Crippen LogP contribution in [0.25, 0.3) is 11.3 Å². The molecule has 0 N–H and O–H groups in total. The second-order valence-electron chi connectivity index (χ2n) is 3.92. The Morgan fingerprint density at radius 1 is 1.24 bits per heavy atom. The van der Waals surface area contributed by atoms with Crippen molar-refractivity contribution in [2.75, 3.05) is 0 Å². The molecular weight excluding hydrogens is 236 g/mol. The van der Waals surface area contributed by atoms with E-state index in [1.54, 1.807) is 6.20 Å². The molecule has 0 unspecified atom stereocenters. The second kappa shape index (κ2) is 5.15. The number of rotatable bonds is 3. The molecule has 2 rings (SSSR count). The van der Waals surface area contributed by atoms with E-state index in [9.17, 15) is 0 Å². The Hall–Kier alpha value is -1.61. The van der Waals surface area contributed by atoms with E-state index in [1.165, 1.54) is 6.20 Å². The maximum absolute atomic E-state index is 5.81. The van der Waals surface area contributed by atoms with Crippen LogP contribution in [-0.2, 0) is 0 Å². The smallest absolute Gasteiger partial charge is 0.148 e. The van der Waals surface area contributed by atoms with Crippen molar-refractivity contribution in [3.63, 3.8) is 0 Å². The minimum Gasteiger partial charge on any atom is -0.491 e. The first-order valence-corrected chi connectivity index (χ1v) is 5.77.